The van der Waals surface area contributed by atoms with Gasteiger partial charge in [0.05, 0.1) is 13.7 Å². The molecule has 0 unspecified atom stereocenters. The van der Waals surface area contributed by atoms with Crippen molar-refractivity contribution in [2.24, 2.45) is 0 Å². The van der Waals surface area contributed by atoms with Crippen molar-refractivity contribution in [3.63, 3.8) is 0 Å². The van der Waals surface area contributed by atoms with Gasteiger partial charge in [-0.05, 0) is 41.6 Å². The van der Waals surface area contributed by atoms with Gasteiger partial charge < -0.3 is 14.6 Å². The monoisotopic (exact) mass is 344 g/mol. The van der Waals surface area contributed by atoms with Gasteiger partial charge in [0, 0.05) is 5.56 Å². The zero-order valence-corrected chi connectivity index (χ0v) is 13.5. The third-order valence-electron chi connectivity index (χ3n) is 3.41. The second-order valence-corrected chi connectivity index (χ2v) is 5.32. The van der Waals surface area contributed by atoms with Crippen LogP contribution < -0.4 is 9.47 Å². The third-order valence-corrected chi connectivity index (χ3v) is 3.41. The summed E-state index contributed by atoms with van der Waals surface area (Å²) in [5.74, 6) is 1.26. The summed E-state index contributed by atoms with van der Waals surface area (Å²) in [5, 5.41) is 22.2. The predicted molar refractivity (Wildman–Crippen MR) is 87.7 cm³/mol. The van der Waals surface area contributed by atoms with Gasteiger partial charge >= 0.3 is 0 Å². The molecular weight excluding hydrogens is 327 g/mol. The maximum Gasteiger partial charge on any atom is 0.205 e. The van der Waals surface area contributed by atoms with E-state index in [2.05, 4.69) is 15.4 Å². The summed E-state index contributed by atoms with van der Waals surface area (Å²) < 4.78 is 23.4. The first-order valence-corrected chi connectivity index (χ1v) is 7.63. The summed E-state index contributed by atoms with van der Waals surface area (Å²) in [6, 6.07) is 12.9. The van der Waals surface area contributed by atoms with E-state index in [1.807, 2.05) is 18.2 Å². The van der Waals surface area contributed by atoms with Crippen molar-refractivity contribution in [3.05, 3.63) is 54.3 Å². The van der Waals surface area contributed by atoms with Crippen LogP contribution in [-0.4, -0.2) is 45.1 Å². The number of rotatable bonds is 7. The maximum absolute atomic E-state index is 12.8. The van der Waals surface area contributed by atoms with E-state index < -0.39 is 6.10 Å². The van der Waals surface area contributed by atoms with Crippen LogP contribution >= 0.6 is 0 Å². The Morgan fingerprint density at radius 3 is 2.72 bits per heavy atom. The quantitative estimate of drug-likeness (QED) is 0.705. The summed E-state index contributed by atoms with van der Waals surface area (Å²) in [4.78, 5) is 1.30. The Balaban J connectivity index is 1.57. The summed E-state index contributed by atoms with van der Waals surface area (Å²) in [6.07, 6.45) is -0.836. The molecule has 1 atom stereocenters. The van der Waals surface area contributed by atoms with Crippen molar-refractivity contribution in [3.8, 4) is 22.9 Å². The molecule has 130 valence electrons. The molecule has 0 aliphatic heterocycles. The van der Waals surface area contributed by atoms with Crippen LogP contribution in [0.5, 0.6) is 11.5 Å². The molecule has 0 radical (unpaired) electrons. The molecule has 2 aromatic carbocycles. The fourth-order valence-corrected chi connectivity index (χ4v) is 2.16. The summed E-state index contributed by atoms with van der Waals surface area (Å²) in [5.41, 5.74) is 0.766. The third kappa shape index (κ3) is 4.51. The number of methoxy groups -OCH3 is 1. The van der Waals surface area contributed by atoms with Gasteiger partial charge in [-0.15, -0.1) is 10.2 Å². The van der Waals surface area contributed by atoms with Crippen LogP contribution in [0.1, 0.15) is 0 Å². The van der Waals surface area contributed by atoms with Crippen LogP contribution in [0.25, 0.3) is 11.4 Å². The highest BCUT2D eigenvalue weighted by Crippen LogP contribution is 2.19. The Morgan fingerprint density at radius 2 is 1.96 bits per heavy atom. The van der Waals surface area contributed by atoms with Crippen LogP contribution in [0.2, 0.25) is 0 Å². The van der Waals surface area contributed by atoms with Crippen molar-refractivity contribution in [2.75, 3.05) is 13.7 Å². The normalized spacial score (nSPS) is 12.0. The Kier molecular flexibility index (Phi) is 5.20. The minimum Gasteiger partial charge on any atom is -0.497 e. The largest absolute Gasteiger partial charge is 0.497 e. The zero-order chi connectivity index (χ0) is 17.6. The fraction of sp³-hybridized carbons (Fsp3) is 0.235. The summed E-state index contributed by atoms with van der Waals surface area (Å²) in [7, 11) is 1.58. The van der Waals surface area contributed by atoms with E-state index in [0.29, 0.717) is 17.3 Å². The van der Waals surface area contributed by atoms with Gasteiger partial charge in [-0.2, -0.15) is 4.80 Å². The average molecular weight is 344 g/mol. The van der Waals surface area contributed by atoms with E-state index in [0.717, 1.165) is 5.56 Å². The highest BCUT2D eigenvalue weighted by molar-refractivity contribution is 5.56. The van der Waals surface area contributed by atoms with Crippen LogP contribution in [0, 0.1) is 5.82 Å². The first-order chi connectivity index (χ1) is 12.1. The number of aliphatic hydroxyl groups is 1. The van der Waals surface area contributed by atoms with Gasteiger partial charge in [-0.1, -0.05) is 12.1 Å². The molecule has 0 aliphatic carbocycles. The van der Waals surface area contributed by atoms with E-state index in [1.165, 1.54) is 29.1 Å². The van der Waals surface area contributed by atoms with Gasteiger partial charge in [-0.25, -0.2) is 4.39 Å². The van der Waals surface area contributed by atoms with Crippen molar-refractivity contribution in [1.82, 2.24) is 20.2 Å². The van der Waals surface area contributed by atoms with Crippen LogP contribution in [-0.2, 0) is 6.54 Å². The Morgan fingerprint density at radius 1 is 1.16 bits per heavy atom. The highest BCUT2D eigenvalue weighted by atomic mass is 19.1. The molecule has 1 aromatic heterocycles. The number of tetrazole rings is 1. The van der Waals surface area contributed by atoms with E-state index in [1.54, 1.807) is 13.2 Å². The lowest BCUT2D eigenvalue weighted by Crippen LogP contribution is -2.25. The van der Waals surface area contributed by atoms with Crippen molar-refractivity contribution >= 4 is 0 Å². The number of hydrogen-bond donors (Lipinski definition) is 1. The number of ether oxygens (including phenoxy) is 2. The number of nitrogens with zero attached hydrogens (tertiary/aromatic N) is 4. The van der Waals surface area contributed by atoms with Crippen LogP contribution in [0.4, 0.5) is 4.39 Å². The molecule has 1 N–H and O–H groups in total. The number of aromatic nitrogens is 4. The van der Waals surface area contributed by atoms with Gasteiger partial charge in [0.25, 0.3) is 0 Å². The Bertz CT molecular complexity index is 823. The molecule has 0 bridgehead atoms. The fourth-order valence-electron chi connectivity index (χ4n) is 2.16. The van der Waals surface area contributed by atoms with Crippen molar-refractivity contribution in [1.29, 1.82) is 0 Å². The summed E-state index contributed by atoms with van der Waals surface area (Å²) >= 11 is 0. The minimum absolute atomic E-state index is 0.0294. The van der Waals surface area contributed by atoms with E-state index in [-0.39, 0.29) is 19.0 Å². The minimum atomic E-state index is -0.836. The lowest BCUT2D eigenvalue weighted by Gasteiger charge is -2.11. The molecule has 7 nitrogen and oxygen atoms in total. The standard InChI is InChI=1S/C17H17FN4O3/c1-24-16-4-2-3-12(9-16)17-19-21-22(20-17)10-14(23)11-25-15-7-5-13(18)6-8-15/h2-9,14,23H,10-11H2,1H3/t14-/m1/s1. The van der Waals surface area contributed by atoms with Crippen LogP contribution in [0.15, 0.2) is 48.5 Å². The smallest absolute Gasteiger partial charge is 0.205 e. The first kappa shape index (κ1) is 16.8. The first-order valence-electron chi connectivity index (χ1n) is 7.63. The molecule has 3 rings (SSSR count). The number of halogens is 1. The maximum atomic E-state index is 12.8. The molecule has 8 heteroatoms. The summed E-state index contributed by atoms with van der Waals surface area (Å²) in [6.45, 7) is 0.153. The SMILES string of the molecule is COc1cccc(-c2nnn(C[C@@H](O)COc3ccc(F)cc3)n2)c1. The van der Waals surface area contributed by atoms with Gasteiger partial charge in [-0.3, -0.25) is 0 Å². The molecule has 0 amide bonds. The molecule has 0 fully saturated rings. The van der Waals surface area contributed by atoms with E-state index in [4.69, 9.17) is 9.47 Å². The second-order valence-electron chi connectivity index (χ2n) is 5.32. The lowest BCUT2D eigenvalue weighted by atomic mass is 10.2. The molecule has 3 aromatic rings. The molecule has 1 heterocycles. The lowest BCUT2D eigenvalue weighted by molar-refractivity contribution is 0.0849. The molecule has 0 aliphatic rings. The average Bonchev–Trinajstić information content (AvgIpc) is 3.10. The number of aliphatic hydroxyl groups excluding tert-OH is 1. The van der Waals surface area contributed by atoms with Gasteiger partial charge in [0.15, 0.2) is 0 Å². The van der Waals surface area contributed by atoms with Crippen molar-refractivity contribution < 1.29 is 19.0 Å². The number of hydrogen-bond acceptors (Lipinski definition) is 6. The molecular formula is C17H17FN4O3. The second kappa shape index (κ2) is 7.71. The predicted octanol–water partition coefficient (Wildman–Crippen LogP) is 1.93. The van der Waals surface area contributed by atoms with Crippen molar-refractivity contribution in [2.45, 2.75) is 12.6 Å². The molecule has 0 spiro atoms. The highest BCUT2D eigenvalue weighted by Gasteiger charge is 2.11. The van der Waals surface area contributed by atoms with E-state index >= 15 is 0 Å². The van der Waals surface area contributed by atoms with Gasteiger partial charge in [0.1, 0.15) is 30.0 Å². The molecule has 0 saturated heterocycles. The van der Waals surface area contributed by atoms with E-state index in [9.17, 15) is 9.50 Å². The van der Waals surface area contributed by atoms with Crippen LogP contribution in [0.3, 0.4) is 0 Å². The zero-order valence-electron chi connectivity index (χ0n) is 13.5. The molecule has 0 saturated carbocycles. The Labute approximate surface area is 143 Å². The Hall–Kier alpha value is -3.00. The number of benzene rings is 2. The van der Waals surface area contributed by atoms with Gasteiger partial charge in [0.2, 0.25) is 5.82 Å². The topological polar surface area (TPSA) is 82.3 Å². The molecule has 25 heavy (non-hydrogen) atoms.